The molecule has 0 radical (unpaired) electrons. The third-order valence-corrected chi connectivity index (χ3v) is 3.05. The summed E-state index contributed by atoms with van der Waals surface area (Å²) in [5, 5.41) is 0. The van der Waals surface area contributed by atoms with Crippen LogP contribution in [0.25, 0.3) is 6.08 Å². The fourth-order valence-corrected chi connectivity index (χ4v) is 2.14. The fourth-order valence-electron chi connectivity index (χ4n) is 2.14. The zero-order valence-corrected chi connectivity index (χ0v) is 10.4. The molecule has 0 spiro atoms. The molecular formula is C15H16O3. The lowest BCUT2D eigenvalue weighted by Gasteiger charge is -2.05. The predicted molar refractivity (Wildman–Crippen MR) is 68.8 cm³/mol. The second-order valence-corrected chi connectivity index (χ2v) is 4.29. The number of hydrogen-bond donors (Lipinski definition) is 0. The molecule has 1 fully saturated rings. The number of rotatable bonds is 3. The summed E-state index contributed by atoms with van der Waals surface area (Å²) in [6.45, 7) is 2.07. The Kier molecular flexibility index (Phi) is 3.92. The molecule has 2 rings (SSSR count). The molecule has 1 aromatic carbocycles. The molecule has 0 aliphatic heterocycles. The SMILES string of the molecule is CCOC(=O)[C@@H]1CC/C(=C/c2ccccc2)C1=O. The summed E-state index contributed by atoms with van der Waals surface area (Å²) < 4.78 is 4.91. The normalized spacial score (nSPS) is 21.3. The number of hydrogen-bond acceptors (Lipinski definition) is 3. The molecule has 3 heteroatoms. The number of Topliss-reactive ketones (excluding diaryl/α,β-unsaturated/α-hetero) is 1. The van der Waals surface area contributed by atoms with Crippen LogP contribution in [-0.4, -0.2) is 18.4 Å². The monoisotopic (exact) mass is 244 g/mol. The van der Waals surface area contributed by atoms with Crippen LogP contribution in [-0.2, 0) is 14.3 Å². The van der Waals surface area contributed by atoms with E-state index in [1.807, 2.05) is 36.4 Å². The van der Waals surface area contributed by atoms with Crippen LogP contribution in [0.5, 0.6) is 0 Å². The lowest BCUT2D eigenvalue weighted by molar-refractivity contribution is -0.150. The Labute approximate surface area is 106 Å². The molecule has 3 nitrogen and oxygen atoms in total. The Morgan fingerprint density at radius 2 is 2.11 bits per heavy atom. The lowest BCUT2D eigenvalue weighted by Crippen LogP contribution is -2.21. The second-order valence-electron chi connectivity index (χ2n) is 4.29. The molecule has 0 heterocycles. The van der Waals surface area contributed by atoms with Crippen molar-refractivity contribution in [1.82, 2.24) is 0 Å². The van der Waals surface area contributed by atoms with Gasteiger partial charge in [-0.3, -0.25) is 9.59 Å². The van der Waals surface area contributed by atoms with Crippen molar-refractivity contribution in [2.24, 2.45) is 5.92 Å². The molecule has 1 aliphatic rings. The van der Waals surface area contributed by atoms with Gasteiger partial charge in [0, 0.05) is 0 Å². The first-order chi connectivity index (χ1) is 8.72. The molecule has 1 atom stereocenters. The van der Waals surface area contributed by atoms with Crippen molar-refractivity contribution < 1.29 is 14.3 Å². The smallest absolute Gasteiger partial charge is 0.316 e. The maximum Gasteiger partial charge on any atom is 0.316 e. The van der Waals surface area contributed by atoms with Crippen LogP contribution in [0, 0.1) is 5.92 Å². The van der Waals surface area contributed by atoms with Crippen LogP contribution >= 0.6 is 0 Å². The van der Waals surface area contributed by atoms with E-state index >= 15 is 0 Å². The Hall–Kier alpha value is -1.90. The first-order valence-electron chi connectivity index (χ1n) is 6.19. The highest BCUT2D eigenvalue weighted by Crippen LogP contribution is 2.29. The van der Waals surface area contributed by atoms with Crippen molar-refractivity contribution in [3.8, 4) is 0 Å². The van der Waals surface area contributed by atoms with Crippen molar-refractivity contribution in [3.05, 3.63) is 41.5 Å². The summed E-state index contributed by atoms with van der Waals surface area (Å²) in [6, 6.07) is 9.67. The molecule has 0 bridgehead atoms. The van der Waals surface area contributed by atoms with Gasteiger partial charge in [-0.2, -0.15) is 0 Å². The topological polar surface area (TPSA) is 43.4 Å². The van der Waals surface area contributed by atoms with Crippen molar-refractivity contribution in [2.45, 2.75) is 19.8 Å². The van der Waals surface area contributed by atoms with Gasteiger partial charge < -0.3 is 4.74 Å². The van der Waals surface area contributed by atoms with Crippen LogP contribution in [0.4, 0.5) is 0 Å². The van der Waals surface area contributed by atoms with Crippen LogP contribution in [0.1, 0.15) is 25.3 Å². The van der Waals surface area contributed by atoms with Crippen LogP contribution < -0.4 is 0 Å². The Balaban J connectivity index is 2.12. The van der Waals surface area contributed by atoms with E-state index in [-0.39, 0.29) is 11.8 Å². The van der Waals surface area contributed by atoms with Gasteiger partial charge in [0.1, 0.15) is 5.92 Å². The summed E-state index contributed by atoms with van der Waals surface area (Å²) in [7, 11) is 0. The summed E-state index contributed by atoms with van der Waals surface area (Å²) in [6.07, 6.45) is 3.08. The zero-order chi connectivity index (χ0) is 13.0. The second kappa shape index (κ2) is 5.63. The fraction of sp³-hybridized carbons (Fsp3) is 0.333. The highest BCUT2D eigenvalue weighted by atomic mass is 16.5. The predicted octanol–water partition coefficient (Wildman–Crippen LogP) is 2.61. The van der Waals surface area contributed by atoms with Gasteiger partial charge in [0.25, 0.3) is 0 Å². The minimum absolute atomic E-state index is 0.0858. The van der Waals surface area contributed by atoms with E-state index in [9.17, 15) is 9.59 Å². The summed E-state index contributed by atoms with van der Waals surface area (Å²) in [5.74, 6) is -1.07. The van der Waals surface area contributed by atoms with Gasteiger partial charge in [0.05, 0.1) is 6.61 Å². The van der Waals surface area contributed by atoms with Gasteiger partial charge in [-0.05, 0) is 37.0 Å². The van der Waals surface area contributed by atoms with E-state index in [0.29, 0.717) is 19.4 Å². The third kappa shape index (κ3) is 2.67. The molecule has 1 aromatic rings. The highest BCUT2D eigenvalue weighted by Gasteiger charge is 2.35. The number of carbonyl (C=O) groups is 2. The Morgan fingerprint density at radius 1 is 1.39 bits per heavy atom. The zero-order valence-electron chi connectivity index (χ0n) is 10.4. The Bertz CT molecular complexity index is 474. The van der Waals surface area contributed by atoms with E-state index in [1.165, 1.54) is 0 Å². The number of allylic oxidation sites excluding steroid dienone is 1. The molecule has 1 saturated carbocycles. The van der Waals surface area contributed by atoms with Crippen molar-refractivity contribution in [2.75, 3.05) is 6.61 Å². The molecule has 0 saturated heterocycles. The third-order valence-electron chi connectivity index (χ3n) is 3.05. The largest absolute Gasteiger partial charge is 0.465 e. The molecule has 0 unspecified atom stereocenters. The van der Waals surface area contributed by atoms with E-state index in [4.69, 9.17) is 4.74 Å². The standard InChI is InChI=1S/C15H16O3/c1-2-18-15(17)13-9-8-12(14(13)16)10-11-6-4-3-5-7-11/h3-7,10,13H,2,8-9H2,1H3/b12-10-/t13-/m1/s1. The molecule has 1 aliphatic carbocycles. The van der Waals surface area contributed by atoms with Gasteiger partial charge in [-0.15, -0.1) is 0 Å². The van der Waals surface area contributed by atoms with E-state index in [2.05, 4.69) is 0 Å². The Morgan fingerprint density at radius 3 is 2.78 bits per heavy atom. The average Bonchev–Trinajstić information content (AvgIpc) is 2.73. The number of ketones is 1. The highest BCUT2D eigenvalue weighted by molar-refractivity contribution is 6.12. The van der Waals surface area contributed by atoms with Gasteiger partial charge >= 0.3 is 5.97 Å². The molecular weight excluding hydrogens is 228 g/mol. The van der Waals surface area contributed by atoms with Crippen LogP contribution in [0.3, 0.4) is 0 Å². The van der Waals surface area contributed by atoms with Gasteiger partial charge in [-0.25, -0.2) is 0 Å². The van der Waals surface area contributed by atoms with Gasteiger partial charge in [0.15, 0.2) is 5.78 Å². The number of carbonyl (C=O) groups excluding carboxylic acids is 2. The van der Waals surface area contributed by atoms with E-state index in [0.717, 1.165) is 11.1 Å². The quantitative estimate of drug-likeness (QED) is 0.466. The molecule has 0 aromatic heterocycles. The number of benzene rings is 1. The molecule has 18 heavy (non-hydrogen) atoms. The first-order valence-corrected chi connectivity index (χ1v) is 6.19. The maximum atomic E-state index is 12.1. The minimum atomic E-state index is -0.597. The lowest BCUT2D eigenvalue weighted by atomic mass is 10.1. The first kappa shape index (κ1) is 12.6. The van der Waals surface area contributed by atoms with Crippen LogP contribution in [0.15, 0.2) is 35.9 Å². The summed E-state index contributed by atoms with van der Waals surface area (Å²) in [5.41, 5.74) is 1.71. The van der Waals surface area contributed by atoms with Crippen molar-refractivity contribution in [3.63, 3.8) is 0 Å². The van der Waals surface area contributed by atoms with Gasteiger partial charge in [0.2, 0.25) is 0 Å². The average molecular weight is 244 g/mol. The van der Waals surface area contributed by atoms with E-state index in [1.54, 1.807) is 6.92 Å². The summed E-state index contributed by atoms with van der Waals surface area (Å²) >= 11 is 0. The van der Waals surface area contributed by atoms with Crippen molar-refractivity contribution in [1.29, 1.82) is 0 Å². The minimum Gasteiger partial charge on any atom is -0.465 e. The molecule has 94 valence electrons. The molecule has 0 amide bonds. The van der Waals surface area contributed by atoms with E-state index < -0.39 is 5.92 Å². The molecule has 0 N–H and O–H groups in total. The van der Waals surface area contributed by atoms with Crippen molar-refractivity contribution >= 4 is 17.8 Å². The van der Waals surface area contributed by atoms with Crippen LogP contribution in [0.2, 0.25) is 0 Å². The number of ether oxygens (including phenoxy) is 1. The number of esters is 1. The summed E-state index contributed by atoms with van der Waals surface area (Å²) in [4.78, 5) is 23.6. The maximum absolute atomic E-state index is 12.1. The van der Waals surface area contributed by atoms with Gasteiger partial charge in [-0.1, -0.05) is 30.3 Å².